The molecule has 2 aromatic rings. The molecular formula is C19H24N2O3. The zero-order valence-electron chi connectivity index (χ0n) is 14.5. The van der Waals surface area contributed by atoms with Crippen molar-refractivity contribution >= 4 is 11.7 Å². The molecule has 0 atom stereocenters. The lowest BCUT2D eigenvalue weighted by Gasteiger charge is -2.12. The summed E-state index contributed by atoms with van der Waals surface area (Å²) < 4.78 is 11.0. The van der Waals surface area contributed by atoms with E-state index in [9.17, 15) is 4.79 Å². The van der Waals surface area contributed by atoms with Gasteiger partial charge < -0.3 is 14.6 Å². The van der Waals surface area contributed by atoms with E-state index in [0.717, 1.165) is 29.6 Å². The molecule has 5 nitrogen and oxygen atoms in total. The molecule has 1 aliphatic carbocycles. The summed E-state index contributed by atoms with van der Waals surface area (Å²) >= 11 is 0. The number of hydrogen-bond donors (Lipinski definition) is 1. The quantitative estimate of drug-likeness (QED) is 0.872. The minimum Gasteiger partial charge on any atom is -0.493 e. The van der Waals surface area contributed by atoms with Gasteiger partial charge in [-0.3, -0.25) is 4.79 Å². The van der Waals surface area contributed by atoms with E-state index in [0.29, 0.717) is 12.2 Å². The summed E-state index contributed by atoms with van der Waals surface area (Å²) in [6.07, 6.45) is 2.84. The van der Waals surface area contributed by atoms with Crippen LogP contribution in [0.3, 0.4) is 0 Å². The molecule has 1 aromatic heterocycles. The summed E-state index contributed by atoms with van der Waals surface area (Å²) in [5.74, 6) is 2.67. The number of nitrogens with one attached hydrogen (secondary N) is 1. The highest BCUT2D eigenvalue weighted by Gasteiger charge is 2.22. The van der Waals surface area contributed by atoms with Gasteiger partial charge in [-0.25, -0.2) is 0 Å². The van der Waals surface area contributed by atoms with Crippen LogP contribution in [-0.4, -0.2) is 17.7 Å². The number of carbonyl (C=O) groups excluding carboxylic acids is 1. The first kappa shape index (κ1) is 16.6. The summed E-state index contributed by atoms with van der Waals surface area (Å²) in [6.45, 7) is 6.89. The Morgan fingerprint density at radius 2 is 2.00 bits per heavy atom. The van der Waals surface area contributed by atoms with Crippen LogP contribution >= 0.6 is 0 Å². The van der Waals surface area contributed by atoms with E-state index in [1.807, 2.05) is 45.0 Å². The molecule has 1 amide bonds. The van der Waals surface area contributed by atoms with Crippen molar-refractivity contribution in [3.63, 3.8) is 0 Å². The van der Waals surface area contributed by atoms with Crippen molar-refractivity contribution in [1.29, 1.82) is 0 Å². The van der Waals surface area contributed by atoms with Gasteiger partial charge in [0.05, 0.1) is 13.0 Å². The van der Waals surface area contributed by atoms with Gasteiger partial charge in [-0.15, -0.1) is 0 Å². The van der Waals surface area contributed by atoms with Crippen molar-refractivity contribution in [2.75, 3.05) is 11.9 Å². The fourth-order valence-electron chi connectivity index (χ4n) is 2.26. The third-order valence-corrected chi connectivity index (χ3v) is 3.99. The van der Waals surface area contributed by atoms with Crippen molar-refractivity contribution < 1.29 is 14.1 Å². The number of rotatable bonds is 6. The van der Waals surface area contributed by atoms with E-state index in [1.54, 1.807) is 6.07 Å². The lowest BCUT2D eigenvalue weighted by atomic mass is 9.93. The van der Waals surface area contributed by atoms with Crippen LogP contribution in [0, 0.1) is 5.92 Å². The second kappa shape index (κ2) is 6.67. The van der Waals surface area contributed by atoms with Gasteiger partial charge in [0.25, 0.3) is 0 Å². The number of hydrogen-bond acceptors (Lipinski definition) is 4. The van der Waals surface area contributed by atoms with Gasteiger partial charge >= 0.3 is 0 Å². The molecule has 3 rings (SSSR count). The summed E-state index contributed by atoms with van der Waals surface area (Å²) in [6, 6.07) is 9.45. The molecule has 1 aliphatic rings. The number of amides is 1. The van der Waals surface area contributed by atoms with E-state index >= 15 is 0 Å². The van der Waals surface area contributed by atoms with Crippen molar-refractivity contribution in [2.45, 2.75) is 45.4 Å². The van der Waals surface area contributed by atoms with Gasteiger partial charge in [-0.1, -0.05) is 38.1 Å². The van der Waals surface area contributed by atoms with E-state index in [4.69, 9.17) is 9.26 Å². The van der Waals surface area contributed by atoms with Crippen LogP contribution in [0.1, 0.15) is 44.9 Å². The van der Waals surface area contributed by atoms with Gasteiger partial charge in [-0.2, -0.15) is 0 Å². The average Bonchev–Trinajstić information content (AvgIpc) is 3.22. The van der Waals surface area contributed by atoms with Gasteiger partial charge in [0.15, 0.2) is 5.82 Å². The van der Waals surface area contributed by atoms with Crippen molar-refractivity contribution in [1.82, 2.24) is 5.16 Å². The van der Waals surface area contributed by atoms with Crippen LogP contribution in [0.25, 0.3) is 0 Å². The molecule has 1 heterocycles. The number of nitrogens with zero attached hydrogens (tertiary/aromatic N) is 1. The van der Waals surface area contributed by atoms with Crippen LogP contribution in [-0.2, 0) is 16.6 Å². The van der Waals surface area contributed by atoms with Gasteiger partial charge in [0.1, 0.15) is 11.5 Å². The Balaban J connectivity index is 1.51. The molecule has 1 N–H and O–H groups in total. The molecule has 128 valence electrons. The maximum atomic E-state index is 12.1. The Kier molecular flexibility index (Phi) is 4.60. The minimum atomic E-state index is -0.133. The molecule has 1 fully saturated rings. The second-order valence-corrected chi connectivity index (χ2v) is 7.45. The third-order valence-electron chi connectivity index (χ3n) is 3.99. The van der Waals surface area contributed by atoms with E-state index in [-0.39, 0.29) is 11.3 Å². The van der Waals surface area contributed by atoms with Crippen LogP contribution in [0.5, 0.6) is 5.75 Å². The highest BCUT2D eigenvalue weighted by Crippen LogP contribution is 2.29. The van der Waals surface area contributed by atoms with Crippen LogP contribution in [0.4, 0.5) is 5.82 Å². The molecule has 0 radical (unpaired) electrons. The second-order valence-electron chi connectivity index (χ2n) is 7.45. The van der Waals surface area contributed by atoms with E-state index in [1.165, 1.54) is 12.8 Å². The summed E-state index contributed by atoms with van der Waals surface area (Å²) in [7, 11) is 0. The Labute approximate surface area is 142 Å². The number of anilines is 1. The van der Waals surface area contributed by atoms with Gasteiger partial charge in [-0.05, 0) is 36.5 Å². The molecule has 0 bridgehead atoms. The zero-order valence-corrected chi connectivity index (χ0v) is 14.5. The monoisotopic (exact) mass is 328 g/mol. The molecule has 0 spiro atoms. The fourth-order valence-corrected chi connectivity index (χ4v) is 2.26. The van der Waals surface area contributed by atoms with Crippen molar-refractivity contribution in [3.05, 3.63) is 41.7 Å². The number of ether oxygens (including phenoxy) is 1. The lowest BCUT2D eigenvalue weighted by Crippen LogP contribution is -2.14. The number of aromatic nitrogens is 1. The molecule has 0 aliphatic heterocycles. The predicted molar refractivity (Wildman–Crippen MR) is 92.2 cm³/mol. The van der Waals surface area contributed by atoms with Crippen LogP contribution < -0.4 is 10.1 Å². The smallest absolute Gasteiger partial charge is 0.230 e. The zero-order chi connectivity index (χ0) is 17.2. The fraction of sp³-hybridized carbons (Fsp3) is 0.474. The minimum absolute atomic E-state index is 0.115. The third kappa shape index (κ3) is 4.60. The molecule has 5 heteroatoms. The normalized spacial score (nSPS) is 14.5. The number of benzene rings is 1. The van der Waals surface area contributed by atoms with Crippen molar-refractivity contribution in [2.24, 2.45) is 5.92 Å². The topological polar surface area (TPSA) is 64.4 Å². The van der Waals surface area contributed by atoms with Crippen LogP contribution in [0.15, 0.2) is 34.9 Å². The average molecular weight is 328 g/mol. The van der Waals surface area contributed by atoms with E-state index < -0.39 is 0 Å². The first-order valence-electron chi connectivity index (χ1n) is 8.39. The molecule has 1 aromatic carbocycles. The molecule has 1 saturated carbocycles. The first-order chi connectivity index (χ1) is 11.4. The summed E-state index contributed by atoms with van der Waals surface area (Å²) in [5, 5.41) is 6.67. The van der Waals surface area contributed by atoms with Crippen LogP contribution in [0.2, 0.25) is 0 Å². The lowest BCUT2D eigenvalue weighted by molar-refractivity contribution is -0.115. The SMILES string of the molecule is CC(C)(C)c1cc(NC(=O)Cc2ccc(OCC3CC3)cc2)no1. The highest BCUT2D eigenvalue weighted by molar-refractivity contribution is 5.91. The standard InChI is InChI=1S/C19H24N2O3/c1-19(2,3)16-11-17(21-24-16)20-18(22)10-13-6-8-15(9-7-13)23-12-14-4-5-14/h6-9,11,14H,4-5,10,12H2,1-3H3,(H,20,21,22). The first-order valence-corrected chi connectivity index (χ1v) is 8.39. The Hall–Kier alpha value is -2.30. The van der Waals surface area contributed by atoms with E-state index in [2.05, 4.69) is 10.5 Å². The van der Waals surface area contributed by atoms with Gasteiger partial charge in [0.2, 0.25) is 5.91 Å². The molecule has 24 heavy (non-hydrogen) atoms. The molecule has 0 saturated heterocycles. The Morgan fingerprint density at radius 1 is 1.29 bits per heavy atom. The summed E-state index contributed by atoms with van der Waals surface area (Å²) in [5.41, 5.74) is 0.803. The highest BCUT2D eigenvalue weighted by atomic mass is 16.5. The van der Waals surface area contributed by atoms with Gasteiger partial charge in [0, 0.05) is 11.5 Å². The Bertz CT molecular complexity index is 694. The maximum absolute atomic E-state index is 12.1. The predicted octanol–water partition coefficient (Wildman–Crippen LogP) is 3.94. The summed E-state index contributed by atoms with van der Waals surface area (Å²) in [4.78, 5) is 12.1. The van der Waals surface area contributed by atoms with Crippen molar-refractivity contribution in [3.8, 4) is 5.75 Å². The maximum Gasteiger partial charge on any atom is 0.230 e. The molecule has 0 unspecified atom stereocenters. The Morgan fingerprint density at radius 3 is 2.58 bits per heavy atom. The largest absolute Gasteiger partial charge is 0.493 e. The molecular weight excluding hydrogens is 304 g/mol. The number of carbonyl (C=O) groups is 1.